The van der Waals surface area contributed by atoms with Crippen molar-refractivity contribution in [2.45, 2.75) is 90.6 Å². The molecule has 1 fully saturated rings. The Morgan fingerprint density at radius 3 is 2.89 bits per heavy atom. The van der Waals surface area contributed by atoms with Gasteiger partial charge < -0.3 is 15.2 Å². The Kier molecular flexibility index (Phi) is 9.86. The minimum absolute atomic E-state index is 0. The van der Waals surface area contributed by atoms with Gasteiger partial charge in [0, 0.05) is 38.5 Å². The van der Waals surface area contributed by atoms with Gasteiger partial charge in [0.2, 0.25) is 0 Å². The summed E-state index contributed by atoms with van der Waals surface area (Å²) in [6, 6.07) is 0.573. The first-order chi connectivity index (χ1) is 12.8. The molecule has 2 heterocycles. The zero-order valence-corrected chi connectivity index (χ0v) is 19.4. The highest BCUT2D eigenvalue weighted by Gasteiger charge is 2.19. The van der Waals surface area contributed by atoms with Crippen LogP contribution in [-0.2, 0) is 19.4 Å². The third kappa shape index (κ3) is 6.91. The van der Waals surface area contributed by atoms with E-state index < -0.39 is 0 Å². The third-order valence-electron chi connectivity index (χ3n) is 5.64. The van der Waals surface area contributed by atoms with E-state index in [1.54, 1.807) is 0 Å². The highest BCUT2D eigenvalue weighted by atomic mass is 127. The lowest BCUT2D eigenvalue weighted by atomic mass is 9.87. The highest BCUT2D eigenvalue weighted by molar-refractivity contribution is 14.0. The van der Waals surface area contributed by atoms with E-state index in [1.165, 1.54) is 50.8 Å². The van der Waals surface area contributed by atoms with Crippen molar-refractivity contribution in [3.63, 3.8) is 0 Å². The number of fused-ring (bicyclic) bond motifs is 1. The number of nitrogens with zero attached hydrogens (tertiary/aromatic N) is 4. The fourth-order valence-corrected chi connectivity index (χ4v) is 4.24. The number of nitrogens with one attached hydrogen (secondary N) is 2. The fraction of sp³-hybridized carbons (Fsp3) is 0.850. The molecule has 154 valence electrons. The quantitative estimate of drug-likeness (QED) is 0.278. The lowest BCUT2D eigenvalue weighted by Gasteiger charge is -2.28. The Morgan fingerprint density at radius 1 is 1.19 bits per heavy atom. The summed E-state index contributed by atoms with van der Waals surface area (Å²) in [5.41, 5.74) is 0. The van der Waals surface area contributed by atoms with E-state index in [9.17, 15) is 0 Å². The predicted octanol–water partition coefficient (Wildman–Crippen LogP) is 3.69. The molecule has 1 aromatic heterocycles. The molecule has 0 radical (unpaired) electrons. The molecular weight excluding hydrogens is 451 g/mol. The molecule has 3 rings (SSSR count). The molecule has 2 unspecified atom stereocenters. The largest absolute Gasteiger partial charge is 0.357 e. The van der Waals surface area contributed by atoms with Crippen LogP contribution >= 0.6 is 24.0 Å². The summed E-state index contributed by atoms with van der Waals surface area (Å²) < 4.78 is 2.35. The lowest BCUT2D eigenvalue weighted by molar-refractivity contribution is 0.324. The summed E-state index contributed by atoms with van der Waals surface area (Å²) in [5, 5.41) is 15.9. The molecule has 0 saturated heterocycles. The number of hydrogen-bond donors (Lipinski definition) is 2. The van der Waals surface area contributed by atoms with E-state index in [0.717, 1.165) is 56.6 Å². The molecule has 1 saturated carbocycles. The van der Waals surface area contributed by atoms with Gasteiger partial charge in [0.15, 0.2) is 5.96 Å². The molecule has 0 aromatic carbocycles. The van der Waals surface area contributed by atoms with Crippen molar-refractivity contribution < 1.29 is 0 Å². The Hall–Kier alpha value is -0.860. The van der Waals surface area contributed by atoms with Crippen molar-refractivity contribution >= 4 is 29.9 Å². The summed E-state index contributed by atoms with van der Waals surface area (Å²) in [7, 11) is 0. The van der Waals surface area contributed by atoms with Gasteiger partial charge in [-0.1, -0.05) is 26.2 Å². The van der Waals surface area contributed by atoms with Gasteiger partial charge in [-0.05, 0) is 44.9 Å². The maximum Gasteiger partial charge on any atom is 0.191 e. The average Bonchev–Trinajstić information content (AvgIpc) is 2.85. The molecule has 1 aliphatic carbocycles. The molecule has 7 heteroatoms. The van der Waals surface area contributed by atoms with Gasteiger partial charge >= 0.3 is 0 Å². The van der Waals surface area contributed by atoms with Crippen LogP contribution in [0.1, 0.15) is 76.9 Å². The van der Waals surface area contributed by atoms with Crippen LogP contribution in [0, 0.1) is 5.92 Å². The van der Waals surface area contributed by atoms with Crippen LogP contribution in [0.2, 0.25) is 0 Å². The normalized spacial score (nSPS) is 23.1. The first-order valence-electron chi connectivity index (χ1n) is 10.7. The average molecular weight is 488 g/mol. The summed E-state index contributed by atoms with van der Waals surface area (Å²) in [5.74, 6) is 4.14. The van der Waals surface area contributed by atoms with E-state index in [2.05, 4.69) is 39.2 Å². The number of aryl methyl sites for hydroxylation is 2. The molecule has 27 heavy (non-hydrogen) atoms. The molecular formula is C20H37IN6. The van der Waals surface area contributed by atoms with Gasteiger partial charge in [0.25, 0.3) is 0 Å². The molecule has 0 spiro atoms. The molecule has 1 aromatic rings. The van der Waals surface area contributed by atoms with Crippen LogP contribution in [0.15, 0.2) is 4.99 Å². The van der Waals surface area contributed by atoms with Crippen LogP contribution in [0.4, 0.5) is 0 Å². The molecule has 2 aliphatic rings. The first-order valence-corrected chi connectivity index (χ1v) is 10.7. The van der Waals surface area contributed by atoms with Crippen LogP contribution < -0.4 is 10.6 Å². The molecule has 6 nitrogen and oxygen atoms in total. The van der Waals surface area contributed by atoms with Gasteiger partial charge in [-0.2, -0.15) is 0 Å². The van der Waals surface area contributed by atoms with Crippen LogP contribution in [0.3, 0.4) is 0 Å². The van der Waals surface area contributed by atoms with Gasteiger partial charge in [0.05, 0.1) is 0 Å². The van der Waals surface area contributed by atoms with E-state index in [1.807, 2.05) is 0 Å². The second kappa shape index (κ2) is 11.9. The summed E-state index contributed by atoms with van der Waals surface area (Å²) in [4.78, 5) is 4.80. The second-order valence-corrected chi connectivity index (χ2v) is 7.97. The Bertz CT molecular complexity index is 585. The number of hydrogen-bond acceptors (Lipinski definition) is 3. The number of guanidine groups is 1. The predicted molar refractivity (Wildman–Crippen MR) is 122 cm³/mol. The van der Waals surface area contributed by atoms with E-state index in [-0.39, 0.29) is 24.0 Å². The van der Waals surface area contributed by atoms with Crippen molar-refractivity contribution in [1.29, 1.82) is 0 Å². The van der Waals surface area contributed by atoms with Crippen LogP contribution in [-0.4, -0.2) is 39.9 Å². The molecule has 0 bridgehead atoms. The number of halogens is 1. The zero-order valence-electron chi connectivity index (χ0n) is 17.0. The van der Waals surface area contributed by atoms with Gasteiger partial charge in [-0.25, -0.2) is 0 Å². The van der Waals surface area contributed by atoms with Crippen molar-refractivity contribution in [3.8, 4) is 0 Å². The topological polar surface area (TPSA) is 67.1 Å². The van der Waals surface area contributed by atoms with E-state index in [0.29, 0.717) is 6.04 Å². The number of aromatic nitrogens is 3. The van der Waals surface area contributed by atoms with E-state index >= 15 is 0 Å². The molecule has 2 N–H and O–H groups in total. The van der Waals surface area contributed by atoms with Gasteiger partial charge in [-0.3, -0.25) is 4.99 Å². The summed E-state index contributed by atoms with van der Waals surface area (Å²) in [6.07, 6.45) is 12.1. The fourth-order valence-electron chi connectivity index (χ4n) is 4.24. The molecule has 1 aliphatic heterocycles. The van der Waals surface area contributed by atoms with Gasteiger partial charge in [0.1, 0.15) is 11.6 Å². The maximum atomic E-state index is 4.80. The minimum Gasteiger partial charge on any atom is -0.357 e. The van der Waals surface area contributed by atoms with Crippen LogP contribution in [0.5, 0.6) is 0 Å². The smallest absolute Gasteiger partial charge is 0.191 e. The number of aliphatic imine (C=N–C) groups is 1. The maximum absolute atomic E-state index is 4.80. The molecule has 2 atom stereocenters. The lowest BCUT2D eigenvalue weighted by Crippen LogP contribution is -2.45. The Balaban J connectivity index is 0.00000261. The third-order valence-corrected chi connectivity index (χ3v) is 5.64. The van der Waals surface area contributed by atoms with Crippen molar-refractivity contribution in [2.75, 3.05) is 13.1 Å². The Labute approximate surface area is 181 Å². The summed E-state index contributed by atoms with van der Waals surface area (Å²) >= 11 is 0. The zero-order chi connectivity index (χ0) is 18.2. The molecule has 0 amide bonds. The first kappa shape index (κ1) is 22.4. The summed E-state index contributed by atoms with van der Waals surface area (Å²) in [6.45, 7) is 7.32. The monoisotopic (exact) mass is 488 g/mol. The van der Waals surface area contributed by atoms with Crippen LogP contribution in [0.25, 0.3) is 0 Å². The van der Waals surface area contributed by atoms with Crippen molar-refractivity contribution in [2.24, 2.45) is 10.9 Å². The SMILES string of the molecule is CCNC(=NCCCc1nnc2n1CCCCC2)NC1CCCC(C)C1.I. The number of rotatable bonds is 6. The highest BCUT2D eigenvalue weighted by Crippen LogP contribution is 2.23. The minimum atomic E-state index is 0. The van der Waals surface area contributed by atoms with Crippen molar-refractivity contribution in [3.05, 3.63) is 11.6 Å². The van der Waals surface area contributed by atoms with Crippen molar-refractivity contribution in [1.82, 2.24) is 25.4 Å². The second-order valence-electron chi connectivity index (χ2n) is 7.97. The van der Waals surface area contributed by atoms with Gasteiger partial charge in [-0.15, -0.1) is 34.2 Å². The standard InChI is InChI=1S/C20H36N6.HI/c1-3-21-20(23-17-10-7-9-16(2)15-17)22-13-8-12-19-25-24-18-11-5-4-6-14-26(18)19;/h16-17H,3-15H2,1-2H3,(H2,21,22,23);1H. The Morgan fingerprint density at radius 2 is 2.07 bits per heavy atom. The van der Waals surface area contributed by atoms with E-state index in [4.69, 9.17) is 4.99 Å².